The Morgan fingerprint density at radius 1 is 1.00 bits per heavy atom. The average molecular weight is 379 g/mol. The Morgan fingerprint density at radius 2 is 1.86 bits per heavy atom. The van der Waals surface area contributed by atoms with E-state index in [0.717, 1.165) is 39.4 Å². The number of nitrogens with one attached hydrogen (secondary N) is 1. The van der Waals surface area contributed by atoms with Crippen LogP contribution in [0.4, 0.5) is 20.3 Å². The minimum absolute atomic E-state index is 0.127. The number of alkyl halides is 2. The molecule has 4 heterocycles. The molecule has 0 aliphatic carbocycles. The second-order valence-corrected chi connectivity index (χ2v) is 7.20. The number of piperidine rings is 1. The number of halogens is 2. The summed E-state index contributed by atoms with van der Waals surface area (Å²) in [5.41, 5.74) is 2.91. The highest BCUT2D eigenvalue weighted by molar-refractivity contribution is 6.11. The lowest BCUT2D eigenvalue weighted by Gasteiger charge is -2.33. The molecular formula is C21H19F2N5. The van der Waals surface area contributed by atoms with Crippen LogP contribution < -0.4 is 10.2 Å². The summed E-state index contributed by atoms with van der Waals surface area (Å²) < 4.78 is 27.0. The highest BCUT2D eigenvalue weighted by atomic mass is 19.3. The molecule has 1 aromatic carbocycles. The van der Waals surface area contributed by atoms with E-state index in [9.17, 15) is 8.78 Å². The molecule has 2 aliphatic heterocycles. The van der Waals surface area contributed by atoms with Gasteiger partial charge in [0.1, 0.15) is 11.7 Å². The maximum atomic E-state index is 13.5. The summed E-state index contributed by atoms with van der Waals surface area (Å²) in [5.74, 6) is -0.979. The summed E-state index contributed by atoms with van der Waals surface area (Å²) in [6.07, 6.45) is 3.26. The third kappa shape index (κ3) is 3.06. The second kappa shape index (κ2) is 6.51. The lowest BCUT2D eigenvalue weighted by molar-refractivity contribution is -0.0221. The SMILES string of the molecule is FC1(F)CCN(c2nccc3cc(NC4=NCc5ncccc54)ccc23)CC1. The Bertz CT molecular complexity index is 1070. The van der Waals surface area contributed by atoms with Crippen molar-refractivity contribution in [2.45, 2.75) is 25.3 Å². The number of pyridine rings is 2. The first-order chi connectivity index (χ1) is 13.6. The van der Waals surface area contributed by atoms with Gasteiger partial charge in [-0.15, -0.1) is 0 Å². The molecule has 3 aromatic rings. The van der Waals surface area contributed by atoms with E-state index in [1.807, 2.05) is 41.3 Å². The fourth-order valence-corrected chi connectivity index (χ4v) is 3.80. The summed E-state index contributed by atoms with van der Waals surface area (Å²) in [4.78, 5) is 15.3. The van der Waals surface area contributed by atoms with Crippen LogP contribution in [0.5, 0.6) is 0 Å². The van der Waals surface area contributed by atoms with E-state index in [2.05, 4.69) is 20.3 Å². The molecule has 28 heavy (non-hydrogen) atoms. The zero-order valence-corrected chi connectivity index (χ0v) is 15.2. The number of aromatic nitrogens is 2. The number of hydrogen-bond donors (Lipinski definition) is 1. The van der Waals surface area contributed by atoms with Gasteiger partial charge in [0.05, 0.1) is 12.2 Å². The number of nitrogens with zero attached hydrogens (tertiary/aromatic N) is 4. The van der Waals surface area contributed by atoms with Crippen molar-refractivity contribution >= 4 is 28.1 Å². The number of benzene rings is 1. The van der Waals surface area contributed by atoms with Crippen molar-refractivity contribution in [1.82, 2.24) is 9.97 Å². The van der Waals surface area contributed by atoms with Crippen molar-refractivity contribution in [3.8, 4) is 0 Å². The Hall–Kier alpha value is -3.09. The van der Waals surface area contributed by atoms with Gasteiger partial charge < -0.3 is 10.2 Å². The number of rotatable bonds is 2. The van der Waals surface area contributed by atoms with Gasteiger partial charge in [-0.25, -0.2) is 13.8 Å². The zero-order valence-electron chi connectivity index (χ0n) is 15.2. The monoisotopic (exact) mass is 379 g/mol. The first-order valence-electron chi connectivity index (χ1n) is 9.36. The van der Waals surface area contributed by atoms with Crippen LogP contribution in [0, 0.1) is 0 Å². The van der Waals surface area contributed by atoms with E-state index in [0.29, 0.717) is 19.6 Å². The van der Waals surface area contributed by atoms with Crippen molar-refractivity contribution in [3.63, 3.8) is 0 Å². The summed E-state index contributed by atoms with van der Waals surface area (Å²) >= 11 is 0. The molecule has 0 spiro atoms. The molecule has 2 aliphatic rings. The number of anilines is 2. The largest absolute Gasteiger partial charge is 0.356 e. The van der Waals surface area contributed by atoms with E-state index in [4.69, 9.17) is 0 Å². The van der Waals surface area contributed by atoms with Crippen LogP contribution in [-0.4, -0.2) is 34.8 Å². The maximum absolute atomic E-state index is 13.5. The quantitative estimate of drug-likeness (QED) is 0.724. The molecule has 0 radical (unpaired) electrons. The molecule has 142 valence electrons. The van der Waals surface area contributed by atoms with Crippen molar-refractivity contribution in [3.05, 3.63) is 60.0 Å². The van der Waals surface area contributed by atoms with Gasteiger partial charge in [0.2, 0.25) is 0 Å². The van der Waals surface area contributed by atoms with E-state index >= 15 is 0 Å². The normalized spacial score (nSPS) is 18.1. The van der Waals surface area contributed by atoms with E-state index in [1.165, 1.54) is 0 Å². The van der Waals surface area contributed by atoms with Crippen LogP contribution in [0.3, 0.4) is 0 Å². The molecule has 7 heteroatoms. The highest BCUT2D eigenvalue weighted by Gasteiger charge is 2.34. The minimum Gasteiger partial charge on any atom is -0.356 e. The van der Waals surface area contributed by atoms with Crippen LogP contribution >= 0.6 is 0 Å². The molecule has 0 unspecified atom stereocenters. The Morgan fingerprint density at radius 3 is 2.71 bits per heavy atom. The summed E-state index contributed by atoms with van der Waals surface area (Å²) in [5, 5.41) is 5.35. The minimum atomic E-state index is -2.56. The highest BCUT2D eigenvalue weighted by Crippen LogP contribution is 2.33. The molecule has 5 rings (SSSR count). The summed E-state index contributed by atoms with van der Waals surface area (Å²) in [6.45, 7) is 1.22. The zero-order chi connectivity index (χ0) is 19.1. The van der Waals surface area contributed by atoms with Crippen molar-refractivity contribution in [2.75, 3.05) is 23.3 Å². The van der Waals surface area contributed by atoms with E-state index in [-0.39, 0.29) is 12.8 Å². The molecule has 0 atom stereocenters. The average Bonchev–Trinajstić information content (AvgIpc) is 3.10. The van der Waals surface area contributed by atoms with Crippen molar-refractivity contribution in [2.24, 2.45) is 4.99 Å². The van der Waals surface area contributed by atoms with Gasteiger partial charge in [-0.2, -0.15) is 0 Å². The molecule has 0 saturated carbocycles. The standard InChI is InChI=1S/C21H19F2N5/c22-21(23)6-10-28(11-7-21)20-16-4-3-15(12-14(16)5-9-25-20)27-19-17-2-1-8-24-18(17)13-26-19/h1-5,8-9,12H,6-7,10-11,13H2,(H,26,27). The van der Waals surface area contributed by atoms with Crippen LogP contribution in [0.1, 0.15) is 24.1 Å². The van der Waals surface area contributed by atoms with Crippen LogP contribution in [0.15, 0.2) is 53.8 Å². The molecule has 1 N–H and O–H groups in total. The fraction of sp³-hybridized carbons (Fsp3) is 0.286. The molecular weight excluding hydrogens is 360 g/mol. The first kappa shape index (κ1) is 17.0. The summed E-state index contributed by atoms with van der Waals surface area (Å²) in [6, 6.07) is 11.9. The fourth-order valence-electron chi connectivity index (χ4n) is 3.80. The Kier molecular flexibility index (Phi) is 3.96. The van der Waals surface area contributed by atoms with Crippen LogP contribution in [-0.2, 0) is 6.54 Å². The smallest absolute Gasteiger partial charge is 0.251 e. The van der Waals surface area contributed by atoms with Crippen LogP contribution in [0.25, 0.3) is 10.8 Å². The van der Waals surface area contributed by atoms with Crippen molar-refractivity contribution < 1.29 is 8.78 Å². The molecule has 0 bridgehead atoms. The molecule has 5 nitrogen and oxygen atoms in total. The predicted molar refractivity (Wildman–Crippen MR) is 106 cm³/mol. The second-order valence-electron chi connectivity index (χ2n) is 7.20. The number of aliphatic imine (C=N–C) groups is 1. The lowest BCUT2D eigenvalue weighted by atomic mass is 10.1. The van der Waals surface area contributed by atoms with E-state index < -0.39 is 5.92 Å². The Labute approximate surface area is 161 Å². The number of amidine groups is 1. The van der Waals surface area contributed by atoms with Crippen molar-refractivity contribution in [1.29, 1.82) is 0 Å². The molecule has 1 saturated heterocycles. The molecule has 0 amide bonds. The third-order valence-corrected chi connectivity index (χ3v) is 5.33. The maximum Gasteiger partial charge on any atom is 0.251 e. The topological polar surface area (TPSA) is 53.4 Å². The van der Waals surface area contributed by atoms with Gasteiger partial charge in [0.15, 0.2) is 0 Å². The Balaban J connectivity index is 1.42. The third-order valence-electron chi connectivity index (χ3n) is 5.33. The first-order valence-corrected chi connectivity index (χ1v) is 9.36. The van der Waals surface area contributed by atoms with Gasteiger partial charge in [0.25, 0.3) is 5.92 Å². The number of fused-ring (bicyclic) bond motifs is 2. The van der Waals surface area contributed by atoms with Gasteiger partial charge in [-0.3, -0.25) is 9.98 Å². The van der Waals surface area contributed by atoms with Crippen LogP contribution in [0.2, 0.25) is 0 Å². The van der Waals surface area contributed by atoms with Gasteiger partial charge in [0, 0.05) is 55.0 Å². The predicted octanol–water partition coefficient (Wildman–Crippen LogP) is 4.24. The molecule has 1 fully saturated rings. The van der Waals surface area contributed by atoms with Gasteiger partial charge >= 0.3 is 0 Å². The summed E-state index contributed by atoms with van der Waals surface area (Å²) in [7, 11) is 0. The van der Waals surface area contributed by atoms with Gasteiger partial charge in [-0.05, 0) is 41.8 Å². The number of hydrogen-bond acceptors (Lipinski definition) is 5. The molecule has 2 aromatic heterocycles. The van der Waals surface area contributed by atoms with Gasteiger partial charge in [-0.1, -0.05) is 0 Å². The van der Waals surface area contributed by atoms with E-state index in [1.54, 1.807) is 12.4 Å². The lowest BCUT2D eigenvalue weighted by Crippen LogP contribution is -2.39.